The van der Waals surface area contributed by atoms with Gasteiger partial charge in [-0.15, -0.1) is 0 Å². The molecule has 0 aliphatic carbocycles. The number of nitrogens with zero attached hydrogens (tertiary/aromatic N) is 2. The van der Waals surface area contributed by atoms with E-state index in [1.165, 1.54) is 16.4 Å². The van der Waals surface area contributed by atoms with Gasteiger partial charge in [0.05, 0.1) is 28.9 Å². The van der Waals surface area contributed by atoms with Crippen molar-refractivity contribution in [3.63, 3.8) is 0 Å². The van der Waals surface area contributed by atoms with Gasteiger partial charge in [-0.2, -0.15) is 0 Å². The van der Waals surface area contributed by atoms with E-state index in [1.54, 1.807) is 36.4 Å². The summed E-state index contributed by atoms with van der Waals surface area (Å²) in [6.45, 7) is 0.124. The molecule has 1 saturated heterocycles. The van der Waals surface area contributed by atoms with Crippen molar-refractivity contribution in [2.75, 3.05) is 15.9 Å². The Balaban J connectivity index is 1.50. The molecule has 1 aliphatic rings. The predicted octanol–water partition coefficient (Wildman–Crippen LogP) is 7.14. The average molecular weight is 539 g/mol. The monoisotopic (exact) mass is 538 g/mol. The molecule has 1 fully saturated rings. The number of sulfonamides is 1. The molecule has 5 nitrogen and oxygen atoms in total. The van der Waals surface area contributed by atoms with Crippen LogP contribution < -0.4 is 9.37 Å². The Labute approximate surface area is 221 Å². The molecule has 1 aliphatic heterocycles. The van der Waals surface area contributed by atoms with Crippen molar-refractivity contribution in [2.45, 2.75) is 23.5 Å². The number of halogens is 2. The van der Waals surface area contributed by atoms with Gasteiger partial charge in [-0.05, 0) is 66.2 Å². The molecule has 0 N–H and O–H groups in total. The van der Waals surface area contributed by atoms with E-state index in [4.69, 9.17) is 28.0 Å². The molecule has 0 saturated carbocycles. The minimum absolute atomic E-state index is 0.0658. The van der Waals surface area contributed by atoms with Crippen LogP contribution in [0.15, 0.2) is 114 Å². The second-order valence-corrected chi connectivity index (χ2v) is 11.3. The van der Waals surface area contributed by atoms with Crippen molar-refractivity contribution >= 4 is 44.6 Å². The summed E-state index contributed by atoms with van der Waals surface area (Å²) >= 11 is 12.1. The summed E-state index contributed by atoms with van der Waals surface area (Å²) in [6.07, 6.45) is 0.215. The van der Waals surface area contributed by atoms with E-state index >= 15 is 0 Å². The molecule has 1 heterocycles. The topological polar surface area (TPSA) is 49.9 Å². The van der Waals surface area contributed by atoms with Crippen molar-refractivity contribution in [1.82, 2.24) is 0 Å². The molecule has 0 spiro atoms. The van der Waals surface area contributed by atoms with Crippen molar-refractivity contribution in [1.29, 1.82) is 0 Å². The zero-order valence-corrected chi connectivity index (χ0v) is 21.6. The van der Waals surface area contributed by atoms with Gasteiger partial charge < -0.3 is 0 Å². The molecule has 0 amide bonds. The number of rotatable bonds is 7. The summed E-state index contributed by atoms with van der Waals surface area (Å²) in [7, 11) is -3.90. The number of hydrogen-bond donors (Lipinski definition) is 0. The molecular formula is C28H24Cl2N2O3S. The summed E-state index contributed by atoms with van der Waals surface area (Å²) in [5, 5.41) is 2.88. The standard InChI is InChI=1S/C28H24Cl2N2O3S/c29-22-11-15-24(16-12-22)31(36(33,34)27-17-13-23(30)14-18-27)20-26-19-28(21-7-3-1-4-8-21)32(35-26)25-9-5-2-6-10-25/h1-18,26,28H,19-20H2/t26-,28+/m1/s1. The van der Waals surface area contributed by atoms with Gasteiger partial charge in [-0.1, -0.05) is 71.7 Å². The van der Waals surface area contributed by atoms with Crippen LogP contribution in [0.3, 0.4) is 0 Å². The van der Waals surface area contributed by atoms with Crippen molar-refractivity contribution in [2.24, 2.45) is 0 Å². The second-order valence-electron chi connectivity index (χ2n) is 8.52. The van der Waals surface area contributed by atoms with E-state index in [1.807, 2.05) is 53.6 Å². The maximum atomic E-state index is 13.8. The minimum atomic E-state index is -3.90. The molecule has 184 valence electrons. The number of benzene rings is 4. The van der Waals surface area contributed by atoms with E-state index in [2.05, 4.69) is 12.1 Å². The fourth-order valence-electron chi connectivity index (χ4n) is 4.36. The number of anilines is 2. The van der Waals surface area contributed by atoms with E-state index in [9.17, 15) is 8.42 Å². The highest BCUT2D eigenvalue weighted by atomic mass is 35.5. The minimum Gasteiger partial charge on any atom is -0.268 e. The molecule has 8 heteroatoms. The number of hydroxylamine groups is 1. The van der Waals surface area contributed by atoms with Crippen molar-refractivity contribution < 1.29 is 13.3 Å². The van der Waals surface area contributed by atoms with E-state index in [0.717, 1.165) is 11.3 Å². The van der Waals surface area contributed by atoms with Crippen LogP contribution in [0.4, 0.5) is 11.4 Å². The third-order valence-corrected chi connectivity index (χ3v) is 8.42. The van der Waals surface area contributed by atoms with Crippen molar-refractivity contribution in [3.05, 3.63) is 125 Å². The number of hydrogen-bond acceptors (Lipinski definition) is 4. The van der Waals surface area contributed by atoms with Gasteiger partial charge in [-0.3, -0.25) is 9.14 Å². The number of para-hydroxylation sites is 1. The zero-order chi connectivity index (χ0) is 25.1. The second kappa shape index (κ2) is 10.5. The van der Waals surface area contributed by atoms with E-state index in [-0.39, 0.29) is 17.5 Å². The maximum Gasteiger partial charge on any atom is 0.264 e. The highest BCUT2D eigenvalue weighted by Crippen LogP contribution is 2.39. The van der Waals surface area contributed by atoms with Gasteiger partial charge in [0.15, 0.2) is 0 Å². The van der Waals surface area contributed by atoms with Gasteiger partial charge in [0, 0.05) is 16.5 Å². The smallest absolute Gasteiger partial charge is 0.264 e. The lowest BCUT2D eigenvalue weighted by Gasteiger charge is -2.28. The van der Waals surface area contributed by atoms with Crippen LogP contribution in [0.1, 0.15) is 18.0 Å². The van der Waals surface area contributed by atoms with E-state index in [0.29, 0.717) is 22.2 Å². The first kappa shape index (κ1) is 24.7. The fraction of sp³-hybridized carbons (Fsp3) is 0.143. The normalized spacial score (nSPS) is 17.8. The summed E-state index contributed by atoms with van der Waals surface area (Å²) in [5.41, 5.74) is 2.52. The first-order valence-electron chi connectivity index (χ1n) is 11.5. The molecule has 0 unspecified atom stereocenters. The van der Waals surface area contributed by atoms with Crippen LogP contribution >= 0.6 is 23.2 Å². The predicted molar refractivity (Wildman–Crippen MR) is 145 cm³/mol. The molecule has 0 radical (unpaired) electrons. The molecule has 5 rings (SSSR count). The molecule has 2 atom stereocenters. The van der Waals surface area contributed by atoms with Crippen LogP contribution in [0, 0.1) is 0 Å². The SMILES string of the molecule is O=S(=O)(c1ccc(Cl)cc1)N(C[C@H]1C[C@@H](c2ccccc2)N(c2ccccc2)O1)c1ccc(Cl)cc1. The lowest BCUT2D eigenvalue weighted by molar-refractivity contribution is 0.0898. The molecular weight excluding hydrogens is 515 g/mol. The zero-order valence-electron chi connectivity index (χ0n) is 19.2. The van der Waals surface area contributed by atoms with E-state index < -0.39 is 16.1 Å². The fourth-order valence-corrected chi connectivity index (χ4v) is 6.11. The molecule has 0 bridgehead atoms. The van der Waals surface area contributed by atoms with Crippen molar-refractivity contribution in [3.8, 4) is 0 Å². The Morgan fingerprint density at radius 3 is 1.94 bits per heavy atom. The summed E-state index contributed by atoms with van der Waals surface area (Å²) in [6, 6.07) is 32.8. The molecule has 4 aromatic rings. The van der Waals surface area contributed by atoms with Crippen LogP contribution in [-0.4, -0.2) is 21.1 Å². The lowest BCUT2D eigenvalue weighted by atomic mass is 10.0. The first-order chi connectivity index (χ1) is 17.4. The Bertz CT molecular complexity index is 1350. The van der Waals surface area contributed by atoms with Gasteiger partial charge in [0.2, 0.25) is 0 Å². The Hall–Kier alpha value is -3.03. The summed E-state index contributed by atoms with van der Waals surface area (Å²) in [4.78, 5) is 6.57. The molecule has 0 aromatic heterocycles. The Morgan fingerprint density at radius 1 is 0.778 bits per heavy atom. The largest absolute Gasteiger partial charge is 0.268 e. The van der Waals surface area contributed by atoms with Gasteiger partial charge in [0.25, 0.3) is 10.0 Å². The van der Waals surface area contributed by atoms with Gasteiger partial charge in [0.1, 0.15) is 6.10 Å². The van der Waals surface area contributed by atoms with Crippen LogP contribution in [0.5, 0.6) is 0 Å². The van der Waals surface area contributed by atoms with Gasteiger partial charge >= 0.3 is 0 Å². The van der Waals surface area contributed by atoms with Gasteiger partial charge in [-0.25, -0.2) is 13.5 Å². The van der Waals surface area contributed by atoms with Crippen LogP contribution in [0.2, 0.25) is 10.0 Å². The summed E-state index contributed by atoms with van der Waals surface area (Å²) < 4.78 is 29.0. The molecule has 4 aromatic carbocycles. The highest BCUT2D eigenvalue weighted by molar-refractivity contribution is 7.92. The average Bonchev–Trinajstić information content (AvgIpc) is 3.33. The third-order valence-electron chi connectivity index (χ3n) is 6.11. The quantitative estimate of drug-likeness (QED) is 0.251. The highest BCUT2D eigenvalue weighted by Gasteiger charge is 2.38. The van der Waals surface area contributed by atoms with Crippen LogP contribution in [-0.2, 0) is 14.9 Å². The summed E-state index contributed by atoms with van der Waals surface area (Å²) in [5.74, 6) is 0. The first-order valence-corrected chi connectivity index (χ1v) is 13.7. The lowest BCUT2D eigenvalue weighted by Crippen LogP contribution is -2.38. The Kier molecular flexibility index (Phi) is 7.21. The Morgan fingerprint density at radius 2 is 1.33 bits per heavy atom. The third kappa shape index (κ3) is 5.22. The molecule has 36 heavy (non-hydrogen) atoms. The maximum absolute atomic E-state index is 13.8. The van der Waals surface area contributed by atoms with Crippen LogP contribution in [0.25, 0.3) is 0 Å².